The molecule has 0 radical (unpaired) electrons. The molecule has 124 valence electrons. The monoisotopic (exact) mass is 296 g/mol. The minimum atomic E-state index is 0.381. The van der Waals surface area contributed by atoms with E-state index in [-0.39, 0.29) is 0 Å². The van der Waals surface area contributed by atoms with Crippen molar-refractivity contribution in [1.82, 2.24) is 9.80 Å². The second kappa shape index (κ2) is 7.94. The Morgan fingerprint density at radius 3 is 2.19 bits per heavy atom. The van der Waals surface area contributed by atoms with E-state index in [1.807, 2.05) is 0 Å². The third-order valence-electron chi connectivity index (χ3n) is 5.33. The van der Waals surface area contributed by atoms with Crippen molar-refractivity contribution in [3.05, 3.63) is 0 Å². The number of nitrogens with zero attached hydrogens (tertiary/aromatic N) is 2. The zero-order chi connectivity index (χ0) is 15.4. The number of ether oxygens (including phenoxy) is 1. The van der Waals surface area contributed by atoms with Crippen molar-refractivity contribution < 1.29 is 4.74 Å². The molecule has 3 nitrogen and oxygen atoms in total. The Morgan fingerprint density at radius 2 is 1.71 bits per heavy atom. The number of likely N-dealkylation sites (tertiary alicyclic amines) is 1. The van der Waals surface area contributed by atoms with E-state index < -0.39 is 0 Å². The van der Waals surface area contributed by atoms with Crippen LogP contribution in [0.5, 0.6) is 0 Å². The fraction of sp³-hybridized carbons (Fsp3) is 1.00. The van der Waals surface area contributed by atoms with Crippen LogP contribution >= 0.6 is 0 Å². The summed E-state index contributed by atoms with van der Waals surface area (Å²) in [6, 6.07) is 1.50. The van der Waals surface area contributed by atoms with E-state index in [9.17, 15) is 0 Å². The average Bonchev–Trinajstić information content (AvgIpc) is 2.40. The van der Waals surface area contributed by atoms with E-state index >= 15 is 0 Å². The minimum absolute atomic E-state index is 0.381. The predicted molar refractivity (Wildman–Crippen MR) is 89.7 cm³/mol. The van der Waals surface area contributed by atoms with Crippen molar-refractivity contribution in [2.45, 2.75) is 84.6 Å². The molecule has 0 aromatic carbocycles. The standard InChI is InChI=1S/C18H36N2O/c1-6-19(17-11-18(12-17)21-15(4)5)13-16-7-9-20(10-8-16)14(2)3/h14-18H,6-13H2,1-5H3/t17-,18-. The molecule has 0 N–H and O–H groups in total. The zero-order valence-electron chi connectivity index (χ0n) is 14.8. The van der Waals surface area contributed by atoms with Crippen LogP contribution in [0.15, 0.2) is 0 Å². The Morgan fingerprint density at radius 1 is 1.10 bits per heavy atom. The lowest BCUT2D eigenvalue weighted by Gasteiger charge is -2.45. The lowest BCUT2D eigenvalue weighted by Crippen LogP contribution is -2.51. The number of hydrogen-bond acceptors (Lipinski definition) is 3. The maximum Gasteiger partial charge on any atom is 0.0608 e. The molecule has 3 heteroatoms. The first kappa shape index (κ1) is 17.2. The average molecular weight is 296 g/mol. The van der Waals surface area contributed by atoms with Crippen LogP contribution in [0.2, 0.25) is 0 Å². The van der Waals surface area contributed by atoms with Crippen LogP contribution in [0.3, 0.4) is 0 Å². The Bertz CT molecular complexity index is 292. The van der Waals surface area contributed by atoms with Crippen molar-refractivity contribution >= 4 is 0 Å². The van der Waals surface area contributed by atoms with Crippen molar-refractivity contribution in [2.75, 3.05) is 26.2 Å². The largest absolute Gasteiger partial charge is 0.375 e. The van der Waals surface area contributed by atoms with Crippen LogP contribution < -0.4 is 0 Å². The lowest BCUT2D eigenvalue weighted by atomic mass is 9.86. The molecule has 2 rings (SSSR count). The summed E-state index contributed by atoms with van der Waals surface area (Å²) in [5.41, 5.74) is 0. The van der Waals surface area contributed by atoms with Crippen LogP contribution in [0.1, 0.15) is 60.3 Å². The Balaban J connectivity index is 1.69. The van der Waals surface area contributed by atoms with Gasteiger partial charge in [0.2, 0.25) is 0 Å². The zero-order valence-corrected chi connectivity index (χ0v) is 14.8. The maximum atomic E-state index is 5.91. The molecular formula is C18H36N2O. The van der Waals surface area contributed by atoms with E-state index in [4.69, 9.17) is 4.74 Å². The fourth-order valence-corrected chi connectivity index (χ4v) is 3.85. The summed E-state index contributed by atoms with van der Waals surface area (Å²) >= 11 is 0. The molecule has 1 saturated carbocycles. The van der Waals surface area contributed by atoms with Crippen molar-refractivity contribution in [3.8, 4) is 0 Å². The summed E-state index contributed by atoms with van der Waals surface area (Å²) in [7, 11) is 0. The van der Waals surface area contributed by atoms with Gasteiger partial charge in [-0.15, -0.1) is 0 Å². The van der Waals surface area contributed by atoms with Crippen LogP contribution in [0, 0.1) is 5.92 Å². The molecule has 0 bridgehead atoms. The van der Waals surface area contributed by atoms with E-state index in [1.165, 1.54) is 51.9 Å². The first-order valence-corrected chi connectivity index (χ1v) is 9.13. The van der Waals surface area contributed by atoms with Gasteiger partial charge in [-0.25, -0.2) is 0 Å². The van der Waals surface area contributed by atoms with Gasteiger partial charge in [0.05, 0.1) is 12.2 Å². The summed E-state index contributed by atoms with van der Waals surface area (Å²) in [6.45, 7) is 16.3. The second-order valence-corrected chi connectivity index (χ2v) is 7.59. The van der Waals surface area contributed by atoms with E-state index in [2.05, 4.69) is 44.4 Å². The van der Waals surface area contributed by atoms with Crippen LogP contribution in [-0.4, -0.2) is 60.3 Å². The molecular weight excluding hydrogens is 260 g/mol. The highest BCUT2D eigenvalue weighted by Crippen LogP contribution is 2.31. The molecule has 2 aliphatic rings. The summed E-state index contributed by atoms with van der Waals surface area (Å²) in [6.07, 6.45) is 6.16. The molecule has 0 aromatic rings. The molecule has 0 spiro atoms. The van der Waals surface area contributed by atoms with Gasteiger partial charge in [-0.1, -0.05) is 6.92 Å². The molecule has 0 aromatic heterocycles. The molecule has 1 saturated heterocycles. The predicted octanol–water partition coefficient (Wildman–Crippen LogP) is 3.38. The summed E-state index contributed by atoms with van der Waals surface area (Å²) in [5, 5.41) is 0. The highest BCUT2D eigenvalue weighted by molar-refractivity contribution is 4.89. The molecule has 21 heavy (non-hydrogen) atoms. The van der Waals surface area contributed by atoms with Gasteiger partial charge in [-0.05, 0) is 78.9 Å². The molecule has 1 aliphatic heterocycles. The summed E-state index contributed by atoms with van der Waals surface area (Å²) < 4.78 is 5.91. The van der Waals surface area contributed by atoms with Crippen LogP contribution in [0.25, 0.3) is 0 Å². The third-order valence-corrected chi connectivity index (χ3v) is 5.33. The van der Waals surface area contributed by atoms with E-state index in [0.717, 1.165) is 12.0 Å². The molecule has 1 aliphatic carbocycles. The van der Waals surface area contributed by atoms with Crippen molar-refractivity contribution in [2.24, 2.45) is 5.92 Å². The van der Waals surface area contributed by atoms with Gasteiger partial charge in [0, 0.05) is 18.6 Å². The molecule has 1 heterocycles. The van der Waals surface area contributed by atoms with E-state index in [0.29, 0.717) is 18.2 Å². The van der Waals surface area contributed by atoms with Crippen LogP contribution in [0.4, 0.5) is 0 Å². The SMILES string of the molecule is CCN(CC1CCN(C(C)C)CC1)[C@H]1C[C@H](OC(C)C)C1. The first-order valence-electron chi connectivity index (χ1n) is 9.13. The van der Waals surface area contributed by atoms with E-state index in [1.54, 1.807) is 0 Å². The highest BCUT2D eigenvalue weighted by Gasteiger charge is 2.35. The first-order chi connectivity index (χ1) is 9.99. The topological polar surface area (TPSA) is 15.7 Å². The summed E-state index contributed by atoms with van der Waals surface area (Å²) in [5.74, 6) is 0.907. The smallest absolute Gasteiger partial charge is 0.0608 e. The van der Waals surface area contributed by atoms with Gasteiger partial charge >= 0.3 is 0 Å². The number of rotatable bonds is 7. The van der Waals surface area contributed by atoms with Gasteiger partial charge in [0.15, 0.2) is 0 Å². The second-order valence-electron chi connectivity index (χ2n) is 7.59. The van der Waals surface area contributed by atoms with Gasteiger partial charge < -0.3 is 14.5 Å². The van der Waals surface area contributed by atoms with Gasteiger partial charge in [-0.3, -0.25) is 0 Å². The normalized spacial score (nSPS) is 28.6. The Labute approximate surface area is 132 Å². The molecule has 2 fully saturated rings. The molecule has 0 unspecified atom stereocenters. The Hall–Kier alpha value is -0.120. The fourth-order valence-electron chi connectivity index (χ4n) is 3.85. The quantitative estimate of drug-likeness (QED) is 0.716. The van der Waals surface area contributed by atoms with Crippen molar-refractivity contribution in [1.29, 1.82) is 0 Å². The maximum absolute atomic E-state index is 5.91. The Kier molecular flexibility index (Phi) is 6.51. The number of hydrogen-bond donors (Lipinski definition) is 0. The van der Waals surface area contributed by atoms with Gasteiger partial charge in [0.25, 0.3) is 0 Å². The highest BCUT2D eigenvalue weighted by atomic mass is 16.5. The third kappa shape index (κ3) is 4.94. The molecule has 0 amide bonds. The lowest BCUT2D eigenvalue weighted by molar-refractivity contribution is -0.0791. The molecule has 0 atom stereocenters. The van der Waals surface area contributed by atoms with Crippen LogP contribution in [-0.2, 0) is 4.74 Å². The van der Waals surface area contributed by atoms with Gasteiger partial charge in [0.1, 0.15) is 0 Å². The summed E-state index contributed by atoms with van der Waals surface area (Å²) in [4.78, 5) is 5.35. The van der Waals surface area contributed by atoms with Crippen molar-refractivity contribution in [3.63, 3.8) is 0 Å². The minimum Gasteiger partial charge on any atom is -0.375 e. The van der Waals surface area contributed by atoms with Gasteiger partial charge in [-0.2, -0.15) is 0 Å². The number of piperidine rings is 1.